The Morgan fingerprint density at radius 2 is 1.96 bits per heavy atom. The molecule has 2 aliphatic rings. The predicted molar refractivity (Wildman–Crippen MR) is 92.8 cm³/mol. The van der Waals surface area contributed by atoms with Crippen LogP contribution in [0.25, 0.3) is 11.3 Å². The third kappa shape index (κ3) is 2.29. The van der Waals surface area contributed by atoms with Gasteiger partial charge in [0.2, 0.25) is 0 Å². The summed E-state index contributed by atoms with van der Waals surface area (Å²) in [5, 5.41) is 10.8. The average Bonchev–Trinajstić information content (AvgIpc) is 3.24. The zero-order chi connectivity index (χ0) is 17.7. The van der Waals surface area contributed by atoms with E-state index in [9.17, 15) is 9.50 Å². The minimum absolute atomic E-state index is 0.0914. The first kappa shape index (κ1) is 15.4. The van der Waals surface area contributed by atoms with E-state index in [0.29, 0.717) is 31.1 Å². The van der Waals surface area contributed by atoms with E-state index in [0.717, 1.165) is 16.8 Å². The maximum atomic E-state index is 14.5. The fourth-order valence-corrected chi connectivity index (χ4v) is 3.85. The largest absolute Gasteiger partial charge is 0.486 e. The van der Waals surface area contributed by atoms with Crippen molar-refractivity contribution in [2.24, 2.45) is 0 Å². The summed E-state index contributed by atoms with van der Waals surface area (Å²) >= 11 is 0. The number of ether oxygens (including phenoxy) is 2. The van der Waals surface area contributed by atoms with Crippen molar-refractivity contribution in [1.29, 1.82) is 0 Å². The van der Waals surface area contributed by atoms with Crippen LogP contribution in [0.5, 0.6) is 11.5 Å². The Balaban J connectivity index is 1.49. The normalized spacial score (nSPS) is 18.3. The van der Waals surface area contributed by atoms with E-state index in [2.05, 4.69) is 4.98 Å². The highest BCUT2D eigenvalue weighted by Crippen LogP contribution is 2.44. The second-order valence-corrected chi connectivity index (χ2v) is 6.56. The zero-order valence-electron chi connectivity index (χ0n) is 13.9. The van der Waals surface area contributed by atoms with E-state index < -0.39 is 11.9 Å². The van der Waals surface area contributed by atoms with Gasteiger partial charge in [-0.05, 0) is 11.6 Å². The number of rotatable bonds is 3. The molecule has 0 bridgehead atoms. The van der Waals surface area contributed by atoms with Crippen molar-refractivity contribution in [3.8, 4) is 22.8 Å². The number of benzene rings is 2. The van der Waals surface area contributed by atoms with Gasteiger partial charge in [-0.15, -0.1) is 0 Å². The van der Waals surface area contributed by atoms with Gasteiger partial charge in [-0.3, -0.25) is 0 Å². The Hall–Kier alpha value is -2.86. The van der Waals surface area contributed by atoms with E-state index in [-0.39, 0.29) is 11.6 Å². The molecule has 0 radical (unpaired) electrons. The van der Waals surface area contributed by atoms with Gasteiger partial charge < -0.3 is 19.1 Å². The van der Waals surface area contributed by atoms with Gasteiger partial charge in [0.05, 0.1) is 30.4 Å². The van der Waals surface area contributed by atoms with Crippen LogP contribution in [0.2, 0.25) is 0 Å². The molecular weight excluding hydrogens is 335 g/mol. The van der Waals surface area contributed by atoms with E-state index in [1.165, 1.54) is 6.07 Å². The number of fused-ring (bicyclic) bond motifs is 4. The maximum absolute atomic E-state index is 14.5. The van der Waals surface area contributed by atoms with Crippen LogP contribution in [0.15, 0.2) is 48.9 Å². The average molecular weight is 352 g/mol. The molecule has 0 saturated carbocycles. The van der Waals surface area contributed by atoms with Gasteiger partial charge in [-0.25, -0.2) is 9.37 Å². The monoisotopic (exact) mass is 352 g/mol. The third-order valence-corrected chi connectivity index (χ3v) is 5.06. The number of hydrogen-bond donors (Lipinski definition) is 1. The van der Waals surface area contributed by atoms with Gasteiger partial charge >= 0.3 is 0 Å². The van der Waals surface area contributed by atoms with Crippen LogP contribution in [-0.4, -0.2) is 27.9 Å². The van der Waals surface area contributed by atoms with Crippen molar-refractivity contribution >= 4 is 0 Å². The molecule has 2 unspecified atom stereocenters. The van der Waals surface area contributed by atoms with Crippen LogP contribution in [0.4, 0.5) is 4.39 Å². The van der Waals surface area contributed by atoms with Gasteiger partial charge in [0.1, 0.15) is 19.0 Å². The van der Waals surface area contributed by atoms with Crippen molar-refractivity contribution in [3.63, 3.8) is 0 Å². The third-order valence-electron chi connectivity index (χ3n) is 5.06. The lowest BCUT2D eigenvalue weighted by Crippen LogP contribution is -2.17. The highest BCUT2D eigenvalue weighted by atomic mass is 19.1. The Morgan fingerprint density at radius 1 is 1.19 bits per heavy atom. The topological polar surface area (TPSA) is 56.5 Å². The van der Waals surface area contributed by atoms with Gasteiger partial charge in [0, 0.05) is 23.6 Å². The molecule has 6 heteroatoms. The highest BCUT2D eigenvalue weighted by molar-refractivity contribution is 5.69. The maximum Gasteiger partial charge on any atom is 0.164 e. The van der Waals surface area contributed by atoms with Crippen molar-refractivity contribution in [2.75, 3.05) is 13.2 Å². The SMILES string of the molecule is OC(CC1c2ccccc2-c2cncn21)c1cc2c(cc1F)OCCO2. The molecule has 1 aromatic heterocycles. The number of aliphatic hydroxyl groups excluding tert-OH is 1. The lowest BCUT2D eigenvalue weighted by Gasteiger charge is -2.23. The lowest BCUT2D eigenvalue weighted by molar-refractivity contribution is 0.144. The Morgan fingerprint density at radius 3 is 2.81 bits per heavy atom. The summed E-state index contributed by atoms with van der Waals surface area (Å²) in [6, 6.07) is 10.8. The molecule has 3 aromatic rings. The van der Waals surface area contributed by atoms with Crippen LogP contribution >= 0.6 is 0 Å². The van der Waals surface area contributed by atoms with Crippen LogP contribution in [-0.2, 0) is 0 Å². The van der Waals surface area contributed by atoms with E-state index in [1.54, 1.807) is 12.4 Å². The van der Waals surface area contributed by atoms with Crippen LogP contribution in [0, 0.1) is 5.82 Å². The molecule has 1 N–H and O–H groups in total. The molecule has 5 rings (SSSR count). The molecule has 2 aromatic carbocycles. The van der Waals surface area contributed by atoms with E-state index in [4.69, 9.17) is 9.47 Å². The predicted octanol–water partition coefficient (Wildman–Crippen LogP) is 3.49. The number of aliphatic hydroxyl groups is 1. The quantitative estimate of drug-likeness (QED) is 0.784. The molecule has 3 heterocycles. The Bertz CT molecular complexity index is 985. The summed E-state index contributed by atoms with van der Waals surface area (Å²) in [6.07, 6.45) is 2.94. The molecule has 2 aliphatic heterocycles. The number of hydrogen-bond acceptors (Lipinski definition) is 4. The van der Waals surface area contributed by atoms with E-state index in [1.807, 2.05) is 35.0 Å². The first-order valence-electron chi connectivity index (χ1n) is 8.60. The van der Waals surface area contributed by atoms with Crippen molar-refractivity contribution < 1.29 is 19.0 Å². The molecule has 0 spiro atoms. The zero-order valence-corrected chi connectivity index (χ0v) is 13.9. The minimum Gasteiger partial charge on any atom is -0.486 e. The summed E-state index contributed by atoms with van der Waals surface area (Å²) in [7, 11) is 0. The van der Waals surface area contributed by atoms with Gasteiger partial charge in [0.25, 0.3) is 0 Å². The summed E-state index contributed by atoms with van der Waals surface area (Å²) < 4.78 is 27.5. The first-order chi connectivity index (χ1) is 12.7. The molecule has 0 saturated heterocycles. The number of aromatic nitrogens is 2. The summed E-state index contributed by atoms with van der Waals surface area (Å²) in [6.45, 7) is 0.819. The van der Waals surface area contributed by atoms with E-state index >= 15 is 0 Å². The van der Waals surface area contributed by atoms with Crippen LogP contribution in [0.3, 0.4) is 0 Å². The van der Waals surface area contributed by atoms with Crippen molar-refractivity contribution in [3.05, 3.63) is 65.9 Å². The van der Waals surface area contributed by atoms with Gasteiger partial charge in [-0.1, -0.05) is 24.3 Å². The number of nitrogens with zero attached hydrogens (tertiary/aromatic N) is 2. The Labute approximate surface area is 149 Å². The Kier molecular flexibility index (Phi) is 3.46. The summed E-state index contributed by atoms with van der Waals surface area (Å²) in [4.78, 5) is 4.22. The standard InChI is InChI=1S/C20H17FN2O3/c21-15-8-20-19(25-5-6-26-20)7-14(15)18(24)9-16-12-3-1-2-4-13(12)17-10-22-11-23(16)17/h1-4,7-8,10-11,16,18,24H,5-6,9H2. The second kappa shape index (κ2) is 5.85. The molecule has 132 valence electrons. The fraction of sp³-hybridized carbons (Fsp3) is 0.250. The highest BCUT2D eigenvalue weighted by Gasteiger charge is 2.31. The second-order valence-electron chi connectivity index (χ2n) is 6.56. The molecule has 2 atom stereocenters. The van der Waals surface area contributed by atoms with Crippen LogP contribution in [0.1, 0.15) is 29.7 Å². The van der Waals surface area contributed by atoms with Crippen LogP contribution < -0.4 is 9.47 Å². The summed E-state index contributed by atoms with van der Waals surface area (Å²) in [5.74, 6) is 0.369. The van der Waals surface area contributed by atoms with Gasteiger partial charge in [0.15, 0.2) is 11.5 Å². The van der Waals surface area contributed by atoms with Crippen molar-refractivity contribution in [2.45, 2.75) is 18.6 Å². The number of halogens is 1. The first-order valence-corrected chi connectivity index (χ1v) is 8.60. The molecule has 0 fully saturated rings. The minimum atomic E-state index is -0.975. The number of imidazole rings is 1. The fourth-order valence-electron chi connectivity index (χ4n) is 3.85. The molecule has 5 nitrogen and oxygen atoms in total. The smallest absolute Gasteiger partial charge is 0.164 e. The molecular formula is C20H17FN2O3. The van der Waals surface area contributed by atoms with Gasteiger partial charge in [-0.2, -0.15) is 0 Å². The lowest BCUT2D eigenvalue weighted by atomic mass is 9.95. The summed E-state index contributed by atoms with van der Waals surface area (Å²) in [5.41, 5.74) is 3.45. The molecule has 26 heavy (non-hydrogen) atoms. The molecule has 0 amide bonds. The molecule has 0 aliphatic carbocycles. The van der Waals surface area contributed by atoms with Crippen molar-refractivity contribution in [1.82, 2.24) is 9.55 Å².